The summed E-state index contributed by atoms with van der Waals surface area (Å²) in [5, 5.41) is 13.5. The van der Waals surface area contributed by atoms with Crippen LogP contribution in [-0.4, -0.2) is 46.2 Å². The van der Waals surface area contributed by atoms with Gasteiger partial charge in [-0.2, -0.15) is 5.10 Å². The smallest absolute Gasteiger partial charge is 0.341 e. The van der Waals surface area contributed by atoms with E-state index >= 15 is 0 Å². The summed E-state index contributed by atoms with van der Waals surface area (Å²) in [6, 6.07) is 0. The average molecular weight is 253 g/mol. The lowest BCUT2D eigenvalue weighted by atomic mass is 10.1. The Hall–Kier alpha value is -1.56. The molecule has 1 fully saturated rings. The summed E-state index contributed by atoms with van der Waals surface area (Å²) in [4.78, 5) is 13.4. The molecular weight excluding hydrogens is 234 g/mol. The maximum Gasteiger partial charge on any atom is 0.341 e. The average Bonchev–Trinajstić information content (AvgIpc) is 2.51. The SMILES string of the molecule is Cc1nn(C)c(N2CCOC(C)(C)C2)c1C(=O)O. The first-order valence-electron chi connectivity index (χ1n) is 5.97. The van der Waals surface area contributed by atoms with Crippen LogP contribution in [0.5, 0.6) is 0 Å². The third-order valence-electron chi connectivity index (χ3n) is 3.13. The highest BCUT2D eigenvalue weighted by Crippen LogP contribution is 2.27. The Morgan fingerprint density at radius 2 is 2.17 bits per heavy atom. The summed E-state index contributed by atoms with van der Waals surface area (Å²) in [6.45, 7) is 7.66. The summed E-state index contributed by atoms with van der Waals surface area (Å²) in [6.07, 6.45) is 0. The van der Waals surface area contributed by atoms with Gasteiger partial charge in [0.25, 0.3) is 0 Å². The van der Waals surface area contributed by atoms with Crippen molar-refractivity contribution >= 4 is 11.8 Å². The van der Waals surface area contributed by atoms with Gasteiger partial charge in [-0.25, -0.2) is 4.79 Å². The van der Waals surface area contributed by atoms with Gasteiger partial charge in [0.1, 0.15) is 11.4 Å². The van der Waals surface area contributed by atoms with Crippen LogP contribution in [0, 0.1) is 6.92 Å². The zero-order valence-electron chi connectivity index (χ0n) is 11.2. The van der Waals surface area contributed by atoms with Crippen LogP contribution < -0.4 is 4.90 Å². The van der Waals surface area contributed by atoms with E-state index in [1.165, 1.54) is 0 Å². The van der Waals surface area contributed by atoms with E-state index in [0.29, 0.717) is 31.2 Å². The molecule has 100 valence electrons. The molecule has 1 aliphatic rings. The number of aromatic nitrogens is 2. The van der Waals surface area contributed by atoms with Crippen molar-refractivity contribution in [2.24, 2.45) is 7.05 Å². The van der Waals surface area contributed by atoms with Crippen LogP contribution in [0.1, 0.15) is 29.9 Å². The van der Waals surface area contributed by atoms with Gasteiger partial charge in [-0.3, -0.25) is 4.68 Å². The second kappa shape index (κ2) is 4.28. The van der Waals surface area contributed by atoms with Gasteiger partial charge in [-0.05, 0) is 20.8 Å². The Morgan fingerprint density at radius 3 is 2.72 bits per heavy atom. The summed E-state index contributed by atoms with van der Waals surface area (Å²) in [5.74, 6) is -0.267. The number of hydrogen-bond acceptors (Lipinski definition) is 4. The van der Waals surface area contributed by atoms with Crippen molar-refractivity contribution < 1.29 is 14.6 Å². The molecule has 6 nitrogen and oxygen atoms in total. The van der Waals surface area contributed by atoms with E-state index in [2.05, 4.69) is 5.10 Å². The molecule has 1 saturated heterocycles. The van der Waals surface area contributed by atoms with E-state index in [0.717, 1.165) is 0 Å². The van der Waals surface area contributed by atoms with Crippen LogP contribution in [0.2, 0.25) is 0 Å². The van der Waals surface area contributed by atoms with Crippen LogP contribution >= 0.6 is 0 Å². The molecule has 0 saturated carbocycles. The number of carbonyl (C=O) groups is 1. The Bertz CT molecular complexity index is 479. The molecule has 0 atom stereocenters. The summed E-state index contributed by atoms with van der Waals surface area (Å²) < 4.78 is 7.28. The van der Waals surface area contributed by atoms with Crippen LogP contribution in [0.3, 0.4) is 0 Å². The molecule has 0 bridgehead atoms. The minimum atomic E-state index is -0.931. The molecule has 0 aliphatic carbocycles. The molecule has 0 aromatic carbocycles. The lowest BCUT2D eigenvalue weighted by Gasteiger charge is -2.39. The first kappa shape index (κ1) is 12.9. The maximum atomic E-state index is 11.3. The van der Waals surface area contributed by atoms with Gasteiger partial charge in [-0.15, -0.1) is 0 Å². The minimum absolute atomic E-state index is 0.272. The largest absolute Gasteiger partial charge is 0.477 e. The third-order valence-corrected chi connectivity index (χ3v) is 3.13. The number of carboxylic acid groups (broad SMARTS) is 1. The van der Waals surface area contributed by atoms with E-state index < -0.39 is 5.97 Å². The number of aromatic carboxylic acids is 1. The normalized spacial score (nSPS) is 19.0. The zero-order valence-corrected chi connectivity index (χ0v) is 11.2. The Balaban J connectivity index is 2.41. The Kier molecular flexibility index (Phi) is 3.06. The van der Waals surface area contributed by atoms with Crippen molar-refractivity contribution in [1.82, 2.24) is 9.78 Å². The van der Waals surface area contributed by atoms with Gasteiger partial charge < -0.3 is 14.7 Å². The highest BCUT2D eigenvalue weighted by atomic mass is 16.5. The third kappa shape index (κ3) is 2.20. The molecule has 0 radical (unpaired) electrons. The van der Waals surface area contributed by atoms with Crippen molar-refractivity contribution in [1.29, 1.82) is 0 Å². The number of rotatable bonds is 2. The second-order valence-corrected chi connectivity index (χ2v) is 5.24. The van der Waals surface area contributed by atoms with Crippen LogP contribution in [0.15, 0.2) is 0 Å². The topological polar surface area (TPSA) is 67.6 Å². The number of ether oxygens (including phenoxy) is 1. The fourth-order valence-electron chi connectivity index (χ4n) is 2.46. The number of hydrogen-bond donors (Lipinski definition) is 1. The molecule has 0 unspecified atom stereocenters. The van der Waals surface area contributed by atoms with Gasteiger partial charge in [0.15, 0.2) is 0 Å². The Morgan fingerprint density at radius 1 is 1.50 bits per heavy atom. The molecule has 1 N–H and O–H groups in total. The number of aryl methyl sites for hydroxylation is 2. The number of carboxylic acids is 1. The van der Waals surface area contributed by atoms with Gasteiger partial charge in [0, 0.05) is 20.1 Å². The lowest BCUT2D eigenvalue weighted by molar-refractivity contribution is -0.0281. The van der Waals surface area contributed by atoms with Gasteiger partial charge in [-0.1, -0.05) is 0 Å². The fourth-order valence-corrected chi connectivity index (χ4v) is 2.46. The van der Waals surface area contributed by atoms with Crippen LogP contribution in [0.4, 0.5) is 5.82 Å². The molecule has 1 aromatic rings. The molecule has 6 heteroatoms. The number of morpholine rings is 1. The first-order valence-corrected chi connectivity index (χ1v) is 5.97. The van der Waals surface area contributed by atoms with E-state index in [4.69, 9.17) is 4.74 Å². The van der Waals surface area contributed by atoms with Crippen molar-refractivity contribution in [3.05, 3.63) is 11.3 Å². The minimum Gasteiger partial charge on any atom is -0.477 e. The summed E-state index contributed by atoms with van der Waals surface area (Å²) >= 11 is 0. The number of anilines is 1. The standard InChI is InChI=1S/C12H19N3O3/c1-8-9(11(16)17)10(14(4)13-8)15-5-6-18-12(2,3)7-15/h5-7H2,1-4H3,(H,16,17). The number of nitrogens with zero attached hydrogens (tertiary/aromatic N) is 3. The predicted octanol–water partition coefficient (Wildman–Crippen LogP) is 1.04. The van der Waals surface area contributed by atoms with Gasteiger partial charge >= 0.3 is 5.97 Å². The molecule has 2 heterocycles. The lowest BCUT2D eigenvalue weighted by Crippen LogP contribution is -2.49. The van der Waals surface area contributed by atoms with Crippen LogP contribution in [-0.2, 0) is 11.8 Å². The van der Waals surface area contributed by atoms with Crippen molar-refractivity contribution in [2.75, 3.05) is 24.6 Å². The Labute approximate surface area is 106 Å². The molecule has 1 aliphatic heterocycles. The highest BCUT2D eigenvalue weighted by Gasteiger charge is 2.32. The summed E-state index contributed by atoms with van der Waals surface area (Å²) in [7, 11) is 1.78. The zero-order chi connectivity index (χ0) is 13.5. The van der Waals surface area contributed by atoms with Crippen molar-refractivity contribution in [2.45, 2.75) is 26.4 Å². The second-order valence-electron chi connectivity index (χ2n) is 5.24. The molecule has 0 spiro atoms. The van der Waals surface area contributed by atoms with Crippen molar-refractivity contribution in [3.8, 4) is 0 Å². The quantitative estimate of drug-likeness (QED) is 0.853. The maximum absolute atomic E-state index is 11.3. The van der Waals surface area contributed by atoms with Gasteiger partial charge in [0.05, 0.1) is 17.9 Å². The van der Waals surface area contributed by atoms with Crippen molar-refractivity contribution in [3.63, 3.8) is 0 Å². The molecule has 2 rings (SSSR count). The van der Waals surface area contributed by atoms with E-state index in [1.807, 2.05) is 18.7 Å². The van der Waals surface area contributed by atoms with E-state index in [1.54, 1.807) is 18.7 Å². The summed E-state index contributed by atoms with van der Waals surface area (Å²) in [5.41, 5.74) is 0.561. The molecule has 1 aromatic heterocycles. The molecular formula is C12H19N3O3. The van der Waals surface area contributed by atoms with E-state index in [9.17, 15) is 9.90 Å². The van der Waals surface area contributed by atoms with Gasteiger partial charge in [0.2, 0.25) is 0 Å². The van der Waals surface area contributed by atoms with E-state index in [-0.39, 0.29) is 11.2 Å². The molecule has 18 heavy (non-hydrogen) atoms. The highest BCUT2D eigenvalue weighted by molar-refractivity contribution is 5.94. The monoisotopic (exact) mass is 253 g/mol. The molecule has 0 amide bonds. The van der Waals surface area contributed by atoms with Crippen LogP contribution in [0.25, 0.3) is 0 Å². The predicted molar refractivity (Wildman–Crippen MR) is 67.1 cm³/mol. The first-order chi connectivity index (χ1) is 8.32. The fraction of sp³-hybridized carbons (Fsp3) is 0.667.